The van der Waals surface area contributed by atoms with Crippen molar-refractivity contribution in [1.82, 2.24) is 0 Å². The number of ether oxygens (including phenoxy) is 2. The number of esters is 1. The summed E-state index contributed by atoms with van der Waals surface area (Å²) in [6.07, 6.45) is 0. The van der Waals surface area contributed by atoms with E-state index >= 15 is 0 Å². The Bertz CT molecular complexity index is 732. The number of methoxy groups -OCH3 is 1. The lowest BCUT2D eigenvalue weighted by Crippen LogP contribution is -2.12. The fraction of sp³-hybridized carbons (Fsp3) is 0.222. The molecule has 0 saturated carbocycles. The highest BCUT2D eigenvalue weighted by Crippen LogP contribution is 2.26. The standard InChI is InChI=1S/C18H18O4/c1-11-9-15(13(3)19)17(10-12(11)2)22-18(20)14-7-5-6-8-16(14)21-4/h5-10H,1-4H3. The molecule has 0 aliphatic rings. The molecule has 0 heterocycles. The Morgan fingerprint density at radius 1 is 0.909 bits per heavy atom. The van der Waals surface area contributed by atoms with E-state index in [0.29, 0.717) is 16.9 Å². The highest BCUT2D eigenvalue weighted by molar-refractivity contribution is 6.00. The molecule has 2 rings (SSSR count). The van der Waals surface area contributed by atoms with Gasteiger partial charge in [0.15, 0.2) is 5.78 Å². The van der Waals surface area contributed by atoms with E-state index < -0.39 is 5.97 Å². The summed E-state index contributed by atoms with van der Waals surface area (Å²) in [5, 5.41) is 0. The van der Waals surface area contributed by atoms with Crippen LogP contribution in [0.25, 0.3) is 0 Å². The maximum Gasteiger partial charge on any atom is 0.347 e. The molecule has 0 bridgehead atoms. The smallest absolute Gasteiger partial charge is 0.347 e. The number of rotatable bonds is 4. The van der Waals surface area contributed by atoms with Gasteiger partial charge in [-0.3, -0.25) is 4.79 Å². The first-order valence-corrected chi connectivity index (χ1v) is 6.91. The number of aryl methyl sites for hydroxylation is 2. The predicted octanol–water partition coefficient (Wildman–Crippen LogP) is 3.73. The molecule has 0 aliphatic carbocycles. The molecule has 0 fully saturated rings. The number of para-hydroxylation sites is 1. The molecule has 4 nitrogen and oxygen atoms in total. The molecule has 22 heavy (non-hydrogen) atoms. The first kappa shape index (κ1) is 15.8. The van der Waals surface area contributed by atoms with Crippen LogP contribution in [0.5, 0.6) is 11.5 Å². The van der Waals surface area contributed by atoms with Crippen molar-refractivity contribution in [3.8, 4) is 11.5 Å². The van der Waals surface area contributed by atoms with Gasteiger partial charge in [0.05, 0.1) is 12.7 Å². The van der Waals surface area contributed by atoms with Gasteiger partial charge < -0.3 is 9.47 Å². The van der Waals surface area contributed by atoms with Crippen LogP contribution < -0.4 is 9.47 Å². The van der Waals surface area contributed by atoms with Crippen molar-refractivity contribution in [3.05, 3.63) is 58.7 Å². The minimum absolute atomic E-state index is 0.147. The van der Waals surface area contributed by atoms with Crippen molar-refractivity contribution < 1.29 is 19.1 Å². The fourth-order valence-corrected chi connectivity index (χ4v) is 2.12. The average Bonchev–Trinajstić information content (AvgIpc) is 2.50. The van der Waals surface area contributed by atoms with Crippen LogP contribution in [0.3, 0.4) is 0 Å². The van der Waals surface area contributed by atoms with Crippen LogP contribution in [-0.4, -0.2) is 18.9 Å². The largest absolute Gasteiger partial charge is 0.496 e. The molecular weight excluding hydrogens is 280 g/mol. The number of hydrogen-bond acceptors (Lipinski definition) is 4. The number of carbonyl (C=O) groups excluding carboxylic acids is 2. The fourth-order valence-electron chi connectivity index (χ4n) is 2.12. The van der Waals surface area contributed by atoms with Crippen molar-refractivity contribution >= 4 is 11.8 Å². The van der Waals surface area contributed by atoms with Crippen molar-refractivity contribution in [2.24, 2.45) is 0 Å². The monoisotopic (exact) mass is 298 g/mol. The molecule has 0 saturated heterocycles. The number of benzene rings is 2. The summed E-state index contributed by atoms with van der Waals surface area (Å²) in [6, 6.07) is 10.2. The summed E-state index contributed by atoms with van der Waals surface area (Å²) in [5.74, 6) is 0.00124. The zero-order valence-electron chi connectivity index (χ0n) is 13.1. The van der Waals surface area contributed by atoms with E-state index in [9.17, 15) is 9.59 Å². The van der Waals surface area contributed by atoms with E-state index in [-0.39, 0.29) is 11.5 Å². The summed E-state index contributed by atoms with van der Waals surface area (Å²) in [5.41, 5.74) is 2.64. The Labute approximate surface area is 129 Å². The zero-order chi connectivity index (χ0) is 16.3. The van der Waals surface area contributed by atoms with Crippen LogP contribution >= 0.6 is 0 Å². The Kier molecular flexibility index (Phi) is 4.61. The van der Waals surface area contributed by atoms with Crippen molar-refractivity contribution in [3.63, 3.8) is 0 Å². The highest BCUT2D eigenvalue weighted by atomic mass is 16.5. The third-order valence-electron chi connectivity index (χ3n) is 3.50. The van der Waals surface area contributed by atoms with Crippen molar-refractivity contribution in [1.29, 1.82) is 0 Å². The van der Waals surface area contributed by atoms with Gasteiger partial charge in [-0.05, 0) is 56.2 Å². The normalized spacial score (nSPS) is 10.2. The van der Waals surface area contributed by atoms with Crippen LogP contribution in [0.2, 0.25) is 0 Å². The molecule has 4 heteroatoms. The van der Waals surface area contributed by atoms with Crippen LogP contribution in [0.15, 0.2) is 36.4 Å². The van der Waals surface area contributed by atoms with E-state index in [2.05, 4.69) is 0 Å². The first-order chi connectivity index (χ1) is 10.4. The van der Waals surface area contributed by atoms with E-state index in [1.165, 1.54) is 14.0 Å². The van der Waals surface area contributed by atoms with Crippen molar-refractivity contribution in [2.75, 3.05) is 7.11 Å². The molecule has 0 N–H and O–H groups in total. The highest BCUT2D eigenvalue weighted by Gasteiger charge is 2.18. The summed E-state index contributed by atoms with van der Waals surface area (Å²) in [4.78, 5) is 24.1. The maximum absolute atomic E-state index is 12.4. The molecule has 0 radical (unpaired) electrons. The van der Waals surface area contributed by atoms with Gasteiger partial charge in [0.25, 0.3) is 0 Å². The van der Waals surface area contributed by atoms with E-state index in [1.54, 1.807) is 36.4 Å². The lowest BCUT2D eigenvalue weighted by atomic mass is 10.0. The van der Waals surface area contributed by atoms with Gasteiger partial charge in [-0.15, -0.1) is 0 Å². The van der Waals surface area contributed by atoms with Crippen LogP contribution in [-0.2, 0) is 0 Å². The number of ketones is 1. The van der Waals surface area contributed by atoms with Gasteiger partial charge in [-0.2, -0.15) is 0 Å². The summed E-state index contributed by atoms with van der Waals surface area (Å²) >= 11 is 0. The molecule has 0 aromatic heterocycles. The van der Waals surface area contributed by atoms with Gasteiger partial charge in [-0.1, -0.05) is 12.1 Å². The topological polar surface area (TPSA) is 52.6 Å². The van der Waals surface area contributed by atoms with Gasteiger partial charge in [-0.25, -0.2) is 4.79 Å². The number of Topliss-reactive ketones (excluding diaryl/α,β-unsaturated/α-hetero) is 1. The quantitative estimate of drug-likeness (QED) is 0.490. The van der Waals surface area contributed by atoms with Crippen LogP contribution in [0.1, 0.15) is 38.8 Å². The Morgan fingerprint density at radius 2 is 1.55 bits per heavy atom. The lowest BCUT2D eigenvalue weighted by Gasteiger charge is -2.12. The van der Waals surface area contributed by atoms with Gasteiger partial charge in [0.2, 0.25) is 0 Å². The molecule has 0 spiro atoms. The lowest BCUT2D eigenvalue weighted by molar-refractivity contribution is 0.0729. The second-order valence-corrected chi connectivity index (χ2v) is 5.08. The Hall–Kier alpha value is -2.62. The van der Waals surface area contributed by atoms with E-state index in [0.717, 1.165) is 11.1 Å². The number of carbonyl (C=O) groups is 2. The molecule has 0 atom stereocenters. The SMILES string of the molecule is COc1ccccc1C(=O)Oc1cc(C)c(C)cc1C(C)=O. The van der Waals surface area contributed by atoms with Gasteiger partial charge in [0, 0.05) is 0 Å². The second-order valence-electron chi connectivity index (χ2n) is 5.08. The molecule has 114 valence electrons. The predicted molar refractivity (Wildman–Crippen MR) is 83.9 cm³/mol. The molecule has 0 aliphatic heterocycles. The third kappa shape index (κ3) is 3.17. The van der Waals surface area contributed by atoms with Crippen LogP contribution in [0.4, 0.5) is 0 Å². The van der Waals surface area contributed by atoms with Crippen molar-refractivity contribution in [2.45, 2.75) is 20.8 Å². The Morgan fingerprint density at radius 3 is 2.18 bits per heavy atom. The Balaban J connectivity index is 2.40. The zero-order valence-corrected chi connectivity index (χ0v) is 13.1. The molecule has 2 aromatic rings. The summed E-state index contributed by atoms with van der Waals surface area (Å²) in [7, 11) is 1.49. The molecule has 2 aromatic carbocycles. The molecule has 0 unspecified atom stereocenters. The first-order valence-electron chi connectivity index (χ1n) is 6.91. The van der Waals surface area contributed by atoms with Gasteiger partial charge in [0.1, 0.15) is 17.1 Å². The van der Waals surface area contributed by atoms with E-state index in [4.69, 9.17) is 9.47 Å². The average molecular weight is 298 g/mol. The molecular formula is C18H18O4. The summed E-state index contributed by atoms with van der Waals surface area (Å²) in [6.45, 7) is 5.26. The van der Waals surface area contributed by atoms with Gasteiger partial charge >= 0.3 is 5.97 Å². The van der Waals surface area contributed by atoms with E-state index in [1.807, 2.05) is 13.8 Å². The minimum atomic E-state index is -0.553. The third-order valence-corrected chi connectivity index (χ3v) is 3.50. The second kappa shape index (κ2) is 6.43. The molecule has 0 amide bonds. The summed E-state index contributed by atoms with van der Waals surface area (Å²) < 4.78 is 10.6. The maximum atomic E-state index is 12.4. The van der Waals surface area contributed by atoms with Crippen LogP contribution in [0, 0.1) is 13.8 Å². The number of hydrogen-bond donors (Lipinski definition) is 0. The minimum Gasteiger partial charge on any atom is -0.496 e.